The van der Waals surface area contributed by atoms with Crippen molar-refractivity contribution in [1.82, 2.24) is 5.16 Å². The molecule has 0 aliphatic rings. The van der Waals surface area contributed by atoms with Crippen molar-refractivity contribution >= 4 is 29.6 Å². The molecule has 2 aromatic carbocycles. The van der Waals surface area contributed by atoms with Crippen LogP contribution in [0.15, 0.2) is 63.5 Å². The molecule has 0 spiro atoms. The lowest BCUT2D eigenvalue weighted by molar-refractivity contribution is -0.112. The lowest BCUT2D eigenvalue weighted by atomic mass is 10.1. The number of amides is 1. The molecule has 170 valence electrons. The summed E-state index contributed by atoms with van der Waals surface area (Å²) in [4.78, 5) is 13.6. The Hall–Kier alpha value is -3.70. The summed E-state index contributed by atoms with van der Waals surface area (Å²) in [6, 6.07) is 17.2. The molecule has 0 atom stereocenters. The van der Waals surface area contributed by atoms with Gasteiger partial charge in [-0.05, 0) is 56.7 Å². The highest BCUT2D eigenvalue weighted by atomic mass is 32.2. The maximum Gasteiger partial charge on any atom is 0.267 e. The molecule has 0 aliphatic heterocycles. The molecule has 1 heterocycles. The molecule has 1 N–H and O–H groups in total. The van der Waals surface area contributed by atoms with Crippen molar-refractivity contribution in [2.45, 2.75) is 25.7 Å². The molecule has 1 aromatic heterocycles. The summed E-state index contributed by atoms with van der Waals surface area (Å²) in [6.45, 7) is 6.63. The van der Waals surface area contributed by atoms with Crippen LogP contribution in [0.2, 0.25) is 0 Å². The number of hydrogen-bond donors (Lipinski definition) is 1. The molecule has 3 aromatic rings. The molecular weight excluding hydrogens is 438 g/mol. The van der Waals surface area contributed by atoms with Crippen LogP contribution in [0.25, 0.3) is 6.08 Å². The highest BCUT2D eigenvalue weighted by Crippen LogP contribution is 2.30. The second-order valence-electron chi connectivity index (χ2n) is 7.10. The van der Waals surface area contributed by atoms with E-state index in [4.69, 9.17) is 14.0 Å². The SMILES string of the molecule is CCOc1cc(/C=C(/C#N)C(=O)Nc2cc(C)on2)ccc1OCCSc1ccc(C)cc1. The molecule has 0 fully saturated rings. The predicted octanol–water partition coefficient (Wildman–Crippen LogP) is 5.41. The van der Waals surface area contributed by atoms with Gasteiger partial charge in [-0.15, -0.1) is 11.8 Å². The van der Waals surface area contributed by atoms with E-state index in [1.54, 1.807) is 43.0 Å². The number of rotatable bonds is 10. The Morgan fingerprint density at radius 3 is 2.61 bits per heavy atom. The van der Waals surface area contributed by atoms with Crippen molar-refractivity contribution in [3.05, 3.63) is 71.0 Å². The Labute approximate surface area is 197 Å². The second kappa shape index (κ2) is 11.8. The van der Waals surface area contributed by atoms with Crippen molar-refractivity contribution in [3.63, 3.8) is 0 Å². The summed E-state index contributed by atoms with van der Waals surface area (Å²) < 4.78 is 16.6. The number of thioether (sulfide) groups is 1. The molecular formula is C25H25N3O4S. The molecule has 0 aliphatic carbocycles. The number of carbonyl (C=O) groups is 1. The van der Waals surface area contributed by atoms with E-state index in [2.05, 4.69) is 41.7 Å². The summed E-state index contributed by atoms with van der Waals surface area (Å²) in [5, 5.41) is 15.7. The Kier molecular flexibility index (Phi) is 8.56. The van der Waals surface area contributed by atoms with Crippen molar-refractivity contribution in [1.29, 1.82) is 5.26 Å². The van der Waals surface area contributed by atoms with Crippen LogP contribution in [0.5, 0.6) is 11.5 Å². The standard InChI is InChI=1S/C25H25N3O4S/c1-4-30-23-15-19(14-20(16-26)25(29)27-24-13-18(3)32-28-24)7-10-22(23)31-11-12-33-21-8-5-17(2)6-9-21/h5-10,13-15H,4,11-12H2,1-3H3,(H,27,28,29)/b20-14-. The first-order chi connectivity index (χ1) is 16.0. The third kappa shape index (κ3) is 7.16. The second-order valence-corrected chi connectivity index (χ2v) is 8.26. The van der Waals surface area contributed by atoms with Gasteiger partial charge in [0, 0.05) is 16.7 Å². The van der Waals surface area contributed by atoms with E-state index < -0.39 is 5.91 Å². The van der Waals surface area contributed by atoms with Gasteiger partial charge in [-0.25, -0.2) is 0 Å². The molecule has 0 bridgehead atoms. The van der Waals surface area contributed by atoms with Crippen LogP contribution in [-0.2, 0) is 4.79 Å². The third-order valence-corrected chi connectivity index (χ3v) is 5.42. The number of nitrogens with one attached hydrogen (secondary N) is 1. The average Bonchev–Trinajstić information content (AvgIpc) is 3.21. The number of aryl methyl sites for hydroxylation is 2. The zero-order chi connectivity index (χ0) is 23.6. The van der Waals surface area contributed by atoms with Crippen molar-refractivity contribution in [3.8, 4) is 17.6 Å². The molecule has 3 rings (SSSR count). The molecule has 1 amide bonds. The number of nitrogens with zero attached hydrogens (tertiary/aromatic N) is 2. The fourth-order valence-electron chi connectivity index (χ4n) is 2.87. The van der Waals surface area contributed by atoms with Gasteiger partial charge in [-0.3, -0.25) is 4.79 Å². The minimum absolute atomic E-state index is 0.0683. The summed E-state index contributed by atoms with van der Waals surface area (Å²) in [6.07, 6.45) is 1.49. The van der Waals surface area contributed by atoms with Crippen LogP contribution in [-0.4, -0.2) is 30.0 Å². The Morgan fingerprint density at radius 2 is 1.94 bits per heavy atom. The fraction of sp³-hybridized carbons (Fsp3) is 0.240. The summed E-state index contributed by atoms with van der Waals surface area (Å²) in [5.41, 5.74) is 1.81. The first-order valence-corrected chi connectivity index (χ1v) is 11.4. The zero-order valence-electron chi connectivity index (χ0n) is 18.8. The van der Waals surface area contributed by atoms with E-state index in [0.717, 1.165) is 5.75 Å². The van der Waals surface area contributed by atoms with Crippen LogP contribution in [0.3, 0.4) is 0 Å². The van der Waals surface area contributed by atoms with E-state index in [9.17, 15) is 10.1 Å². The maximum atomic E-state index is 12.4. The molecule has 8 heteroatoms. The predicted molar refractivity (Wildman–Crippen MR) is 128 cm³/mol. The first kappa shape index (κ1) is 24.0. The van der Waals surface area contributed by atoms with E-state index in [1.807, 2.05) is 13.0 Å². The van der Waals surface area contributed by atoms with Gasteiger partial charge in [-0.2, -0.15) is 5.26 Å². The lowest BCUT2D eigenvalue weighted by Gasteiger charge is -2.13. The van der Waals surface area contributed by atoms with Crippen molar-refractivity contribution in [2.24, 2.45) is 0 Å². The number of anilines is 1. The van der Waals surface area contributed by atoms with Crippen LogP contribution < -0.4 is 14.8 Å². The Balaban J connectivity index is 1.65. The normalized spacial score (nSPS) is 11.0. The quantitative estimate of drug-likeness (QED) is 0.186. The highest BCUT2D eigenvalue weighted by molar-refractivity contribution is 7.99. The number of carbonyl (C=O) groups excluding carboxylic acids is 1. The molecule has 0 saturated heterocycles. The van der Waals surface area contributed by atoms with E-state index in [1.165, 1.54) is 16.5 Å². The number of nitriles is 1. The Morgan fingerprint density at radius 1 is 1.15 bits per heavy atom. The number of benzene rings is 2. The summed E-state index contributed by atoms with van der Waals surface area (Å²) in [5.74, 6) is 2.19. The Bertz CT molecular complexity index is 1160. The topological polar surface area (TPSA) is 97.4 Å². The van der Waals surface area contributed by atoms with Crippen LogP contribution in [0.1, 0.15) is 23.8 Å². The van der Waals surface area contributed by atoms with E-state index in [0.29, 0.717) is 36.0 Å². The molecule has 33 heavy (non-hydrogen) atoms. The van der Waals surface area contributed by atoms with Gasteiger partial charge < -0.3 is 19.3 Å². The number of ether oxygens (including phenoxy) is 2. The van der Waals surface area contributed by atoms with Gasteiger partial charge in [0.05, 0.1) is 13.2 Å². The minimum Gasteiger partial charge on any atom is -0.490 e. The first-order valence-electron chi connectivity index (χ1n) is 10.4. The van der Waals surface area contributed by atoms with Gasteiger partial charge in [-0.1, -0.05) is 28.9 Å². The number of aromatic nitrogens is 1. The minimum atomic E-state index is -0.572. The molecule has 0 unspecified atom stereocenters. The van der Waals surface area contributed by atoms with Gasteiger partial charge in [0.15, 0.2) is 17.3 Å². The summed E-state index contributed by atoms with van der Waals surface area (Å²) in [7, 11) is 0. The molecule has 0 radical (unpaired) electrons. The molecule has 0 saturated carbocycles. The summed E-state index contributed by atoms with van der Waals surface area (Å²) >= 11 is 1.72. The zero-order valence-corrected chi connectivity index (χ0v) is 19.6. The van der Waals surface area contributed by atoms with Gasteiger partial charge in [0.2, 0.25) is 0 Å². The van der Waals surface area contributed by atoms with E-state index >= 15 is 0 Å². The van der Waals surface area contributed by atoms with Crippen LogP contribution in [0.4, 0.5) is 5.82 Å². The largest absolute Gasteiger partial charge is 0.490 e. The van der Waals surface area contributed by atoms with E-state index in [-0.39, 0.29) is 11.4 Å². The van der Waals surface area contributed by atoms with Crippen LogP contribution in [0, 0.1) is 25.2 Å². The lowest BCUT2D eigenvalue weighted by Crippen LogP contribution is -2.13. The number of hydrogen-bond acceptors (Lipinski definition) is 7. The average molecular weight is 464 g/mol. The highest BCUT2D eigenvalue weighted by Gasteiger charge is 2.13. The maximum absolute atomic E-state index is 12.4. The van der Waals surface area contributed by atoms with Gasteiger partial charge in [0.25, 0.3) is 5.91 Å². The van der Waals surface area contributed by atoms with Crippen LogP contribution >= 0.6 is 11.8 Å². The van der Waals surface area contributed by atoms with Crippen molar-refractivity contribution in [2.75, 3.05) is 24.3 Å². The van der Waals surface area contributed by atoms with Gasteiger partial charge >= 0.3 is 0 Å². The fourth-order valence-corrected chi connectivity index (χ4v) is 3.60. The van der Waals surface area contributed by atoms with Crippen molar-refractivity contribution < 1.29 is 18.8 Å². The van der Waals surface area contributed by atoms with Gasteiger partial charge in [0.1, 0.15) is 17.4 Å². The smallest absolute Gasteiger partial charge is 0.267 e. The molecule has 7 nitrogen and oxygen atoms in total. The monoisotopic (exact) mass is 463 g/mol. The third-order valence-electron chi connectivity index (χ3n) is 4.44.